The van der Waals surface area contributed by atoms with Crippen LogP contribution >= 0.6 is 0 Å². The molecule has 12 nitrogen and oxygen atoms in total. The molecular weight excluding hydrogens is 753 g/mol. The van der Waals surface area contributed by atoms with Gasteiger partial charge >= 0.3 is 11.9 Å². The summed E-state index contributed by atoms with van der Waals surface area (Å²) in [6.45, 7) is 3.57. The smallest absolute Gasteiger partial charge is 0.306 e. The minimum Gasteiger partial charge on any atom is -0.462 e. The first-order valence-corrected chi connectivity index (χ1v) is 23.0. The van der Waals surface area contributed by atoms with E-state index in [9.17, 15) is 37.9 Å². The number of esters is 2. The molecule has 1 aliphatic rings. The number of rotatable bonds is 34. The van der Waals surface area contributed by atoms with Gasteiger partial charge in [0.1, 0.15) is 36.8 Å². The van der Waals surface area contributed by atoms with Crippen molar-refractivity contribution >= 4 is 22.1 Å². The summed E-state index contributed by atoms with van der Waals surface area (Å²) in [5.41, 5.74) is 0. The van der Waals surface area contributed by atoms with Crippen LogP contribution in [0.2, 0.25) is 0 Å². The zero-order valence-corrected chi connectivity index (χ0v) is 35.5. The van der Waals surface area contributed by atoms with Gasteiger partial charge in [-0.3, -0.25) is 14.1 Å². The molecule has 1 fully saturated rings. The van der Waals surface area contributed by atoms with Crippen molar-refractivity contribution in [1.82, 2.24) is 0 Å². The molecule has 0 aromatic carbocycles. The minimum atomic E-state index is -4.61. The highest BCUT2D eigenvalue weighted by Crippen LogP contribution is 2.24. The van der Waals surface area contributed by atoms with Crippen molar-refractivity contribution in [3.8, 4) is 0 Å². The van der Waals surface area contributed by atoms with Gasteiger partial charge in [0.2, 0.25) is 0 Å². The summed E-state index contributed by atoms with van der Waals surface area (Å²) in [6, 6.07) is 0. The summed E-state index contributed by atoms with van der Waals surface area (Å²) >= 11 is 0. The van der Waals surface area contributed by atoms with Gasteiger partial charge < -0.3 is 34.3 Å². The molecule has 0 spiro atoms. The molecule has 328 valence electrons. The second-order valence-electron chi connectivity index (χ2n) is 14.6. The van der Waals surface area contributed by atoms with Gasteiger partial charge in [-0.1, -0.05) is 120 Å². The Kier molecular flexibility index (Phi) is 31.5. The molecule has 1 aliphatic heterocycles. The van der Waals surface area contributed by atoms with E-state index < -0.39 is 71.2 Å². The number of carbonyl (C=O) groups excluding carboxylic acids is 2. The molecule has 0 bridgehead atoms. The van der Waals surface area contributed by atoms with Crippen LogP contribution in [0.5, 0.6) is 0 Å². The quantitative estimate of drug-likeness (QED) is 0.0211. The van der Waals surface area contributed by atoms with Crippen LogP contribution in [-0.4, -0.2) is 96.0 Å². The van der Waals surface area contributed by atoms with Crippen LogP contribution in [0.15, 0.2) is 60.8 Å². The van der Waals surface area contributed by atoms with Crippen molar-refractivity contribution in [3.63, 3.8) is 0 Å². The molecule has 0 amide bonds. The summed E-state index contributed by atoms with van der Waals surface area (Å²) in [5, 5.41) is 30.8. The molecule has 1 saturated heterocycles. The summed E-state index contributed by atoms with van der Waals surface area (Å²) in [6.07, 6.45) is 31.3. The average molecular weight is 827 g/mol. The van der Waals surface area contributed by atoms with Crippen molar-refractivity contribution in [2.45, 2.75) is 185 Å². The van der Waals surface area contributed by atoms with E-state index in [1.807, 2.05) is 0 Å². The first-order valence-electron chi connectivity index (χ1n) is 21.3. The van der Waals surface area contributed by atoms with E-state index in [0.717, 1.165) is 77.0 Å². The Morgan fingerprint density at radius 1 is 0.614 bits per heavy atom. The van der Waals surface area contributed by atoms with Crippen LogP contribution in [0.25, 0.3) is 0 Å². The zero-order chi connectivity index (χ0) is 42.0. The van der Waals surface area contributed by atoms with Crippen LogP contribution in [0.3, 0.4) is 0 Å². The van der Waals surface area contributed by atoms with Crippen molar-refractivity contribution in [2.24, 2.45) is 0 Å². The number of ether oxygens (including phenoxy) is 4. The van der Waals surface area contributed by atoms with E-state index in [4.69, 9.17) is 18.9 Å². The Balaban J connectivity index is 2.52. The summed E-state index contributed by atoms with van der Waals surface area (Å²) in [4.78, 5) is 25.3. The number of hydrogen-bond acceptors (Lipinski definition) is 11. The van der Waals surface area contributed by atoms with E-state index in [-0.39, 0.29) is 19.4 Å². The lowest BCUT2D eigenvalue weighted by Gasteiger charge is -2.40. The molecule has 0 radical (unpaired) electrons. The molecule has 0 aliphatic carbocycles. The van der Waals surface area contributed by atoms with Gasteiger partial charge in [0.05, 0.1) is 6.61 Å². The minimum absolute atomic E-state index is 0.108. The van der Waals surface area contributed by atoms with Crippen LogP contribution in [0.4, 0.5) is 0 Å². The first kappa shape index (κ1) is 52.4. The van der Waals surface area contributed by atoms with Crippen molar-refractivity contribution in [1.29, 1.82) is 0 Å². The summed E-state index contributed by atoms with van der Waals surface area (Å²) in [7, 11) is -4.61. The monoisotopic (exact) mass is 826 g/mol. The summed E-state index contributed by atoms with van der Waals surface area (Å²) < 4.78 is 53.9. The standard InChI is InChI=1S/C44H74O12S/c1-3-5-7-9-11-13-15-17-19-21-23-25-27-29-31-33-40(46)55-37(35-54-44-43(49)42(48)41(47)38(56-44)36-57(50,51)52)34-53-39(45)32-30-28-26-24-22-20-18-16-14-12-10-8-6-4-2/h5,7,11,13,16-19,23,25,37-38,41-44,47-49H,3-4,6,8-10,12,14-15,20-22,24,26-36H2,1-2H3,(H,50,51,52)/b7-5-,13-11-,18-16-,19-17-,25-23-. The molecule has 1 rings (SSSR count). The highest BCUT2D eigenvalue weighted by molar-refractivity contribution is 7.85. The molecule has 1 heterocycles. The maximum absolute atomic E-state index is 12.8. The van der Waals surface area contributed by atoms with Crippen LogP contribution < -0.4 is 0 Å². The van der Waals surface area contributed by atoms with Gasteiger partial charge in [0.15, 0.2) is 12.4 Å². The number of aliphatic hydroxyl groups is 3. The van der Waals surface area contributed by atoms with Gasteiger partial charge in [-0.25, -0.2) is 0 Å². The second kappa shape index (κ2) is 34.2. The number of allylic oxidation sites excluding steroid dienone is 10. The second-order valence-corrected chi connectivity index (χ2v) is 16.1. The maximum atomic E-state index is 12.8. The molecule has 57 heavy (non-hydrogen) atoms. The third-order valence-corrected chi connectivity index (χ3v) is 10.1. The third kappa shape index (κ3) is 29.2. The van der Waals surface area contributed by atoms with Crippen molar-refractivity contribution < 1.29 is 56.8 Å². The number of aliphatic hydroxyl groups excluding tert-OH is 3. The largest absolute Gasteiger partial charge is 0.462 e. The molecule has 0 aromatic heterocycles. The Labute approximate surface area is 343 Å². The fourth-order valence-electron chi connectivity index (χ4n) is 6.01. The van der Waals surface area contributed by atoms with E-state index in [1.165, 1.54) is 32.1 Å². The topological polar surface area (TPSA) is 186 Å². The van der Waals surface area contributed by atoms with E-state index in [2.05, 4.69) is 74.6 Å². The highest BCUT2D eigenvalue weighted by Gasteiger charge is 2.46. The zero-order valence-electron chi connectivity index (χ0n) is 34.7. The van der Waals surface area contributed by atoms with Crippen molar-refractivity contribution in [3.05, 3.63) is 60.8 Å². The molecule has 0 saturated carbocycles. The van der Waals surface area contributed by atoms with E-state index >= 15 is 0 Å². The molecular formula is C44H74O12S. The SMILES string of the molecule is CC/C=C\C/C=C\C/C=C\C/C=C\CCCCC(=O)OC(COC(=O)CCCCCCC/C=C\CCCCCCC)COC1OC(CS(=O)(=O)O)C(O)C(O)C1O. The Morgan fingerprint density at radius 3 is 1.70 bits per heavy atom. The lowest BCUT2D eigenvalue weighted by atomic mass is 10.00. The third-order valence-electron chi connectivity index (χ3n) is 9.33. The predicted octanol–water partition coefficient (Wildman–Crippen LogP) is 8.17. The van der Waals surface area contributed by atoms with Gasteiger partial charge in [-0.05, 0) is 77.0 Å². The van der Waals surface area contributed by atoms with Gasteiger partial charge in [0, 0.05) is 12.8 Å². The summed E-state index contributed by atoms with van der Waals surface area (Å²) in [5.74, 6) is -2.06. The van der Waals surface area contributed by atoms with Crippen LogP contribution in [0, 0.1) is 0 Å². The predicted molar refractivity (Wildman–Crippen MR) is 224 cm³/mol. The normalized spacial score (nSPS) is 21.1. The Morgan fingerprint density at radius 2 is 1.11 bits per heavy atom. The number of carbonyl (C=O) groups is 2. The Hall–Kier alpha value is -2.65. The van der Waals surface area contributed by atoms with Gasteiger partial charge in [-0.15, -0.1) is 0 Å². The highest BCUT2D eigenvalue weighted by atomic mass is 32.2. The Bertz CT molecular complexity index is 1290. The number of hydrogen-bond donors (Lipinski definition) is 4. The first-order chi connectivity index (χ1) is 27.5. The lowest BCUT2D eigenvalue weighted by molar-refractivity contribution is -0.297. The number of unbranched alkanes of at least 4 members (excludes halogenated alkanes) is 12. The average Bonchev–Trinajstić information content (AvgIpc) is 3.17. The maximum Gasteiger partial charge on any atom is 0.306 e. The van der Waals surface area contributed by atoms with Crippen LogP contribution in [0.1, 0.15) is 149 Å². The molecule has 6 unspecified atom stereocenters. The molecule has 13 heteroatoms. The molecule has 0 aromatic rings. The lowest BCUT2D eigenvalue weighted by Crippen LogP contribution is -2.60. The molecule has 6 atom stereocenters. The van der Waals surface area contributed by atoms with Crippen molar-refractivity contribution in [2.75, 3.05) is 19.0 Å². The van der Waals surface area contributed by atoms with Crippen LogP contribution in [-0.2, 0) is 38.7 Å². The fourth-order valence-corrected chi connectivity index (χ4v) is 6.70. The van der Waals surface area contributed by atoms with E-state index in [0.29, 0.717) is 12.8 Å². The fraction of sp³-hybridized carbons (Fsp3) is 0.727. The van der Waals surface area contributed by atoms with Gasteiger partial charge in [-0.2, -0.15) is 8.42 Å². The van der Waals surface area contributed by atoms with Gasteiger partial charge in [0.25, 0.3) is 10.1 Å². The molecule has 4 N–H and O–H groups in total. The van der Waals surface area contributed by atoms with E-state index in [1.54, 1.807) is 0 Å².